The molecule has 3 atom stereocenters. The van der Waals surface area contributed by atoms with E-state index in [0.29, 0.717) is 11.5 Å². The van der Waals surface area contributed by atoms with Crippen LogP contribution >= 0.6 is 0 Å². The van der Waals surface area contributed by atoms with Gasteiger partial charge in [0.15, 0.2) is 0 Å². The number of hydrogen-bond donors (Lipinski definition) is 3. The van der Waals surface area contributed by atoms with Crippen molar-refractivity contribution < 1.29 is 19.7 Å². The minimum atomic E-state index is -1.09. The number of aliphatic hydroxyl groups is 1. The van der Waals surface area contributed by atoms with Gasteiger partial charge in [0.1, 0.15) is 11.9 Å². The number of carbonyl (C=O) groups is 1. The maximum Gasteiger partial charge on any atom is 0.323 e. The first-order valence-electron chi connectivity index (χ1n) is 12.1. The number of aromatic nitrogens is 3. The van der Waals surface area contributed by atoms with E-state index >= 15 is 0 Å². The topological polar surface area (TPSA) is 119 Å². The molecule has 1 unspecified atom stereocenters. The molecule has 3 heterocycles. The van der Waals surface area contributed by atoms with Crippen LogP contribution in [0.4, 0.5) is 0 Å². The van der Waals surface area contributed by atoms with Crippen molar-refractivity contribution in [3.05, 3.63) is 51.9 Å². The first-order chi connectivity index (χ1) is 16.7. The molecule has 0 bridgehead atoms. The minimum Gasteiger partial charge on any atom is -0.480 e. The molecule has 188 valence electrons. The Balaban J connectivity index is 1.77. The van der Waals surface area contributed by atoms with E-state index in [1.807, 2.05) is 37.4 Å². The maximum atomic E-state index is 12.3. The normalized spacial score (nSPS) is 17.4. The summed E-state index contributed by atoms with van der Waals surface area (Å²) in [5, 5.41) is 22.0. The zero-order valence-electron chi connectivity index (χ0n) is 20.7. The number of ether oxygens (including phenoxy) is 1. The van der Waals surface area contributed by atoms with Gasteiger partial charge < -0.3 is 24.1 Å². The number of hydrogen-bond acceptors (Lipinski definition) is 6. The van der Waals surface area contributed by atoms with Crippen LogP contribution < -0.4 is 10.9 Å². The second-order valence-electron chi connectivity index (χ2n) is 9.58. The monoisotopic (exact) mass is 482 g/mol. The van der Waals surface area contributed by atoms with Crippen molar-refractivity contribution in [2.24, 2.45) is 13.0 Å². The summed E-state index contributed by atoms with van der Waals surface area (Å²) in [6.07, 6.45) is 2.76. The molecule has 35 heavy (non-hydrogen) atoms. The molecule has 1 aromatic carbocycles. The number of carboxylic acid groups (broad SMARTS) is 1. The van der Waals surface area contributed by atoms with Gasteiger partial charge in [-0.25, -0.2) is 4.98 Å². The van der Waals surface area contributed by atoms with Gasteiger partial charge in [-0.2, -0.15) is 0 Å². The molecule has 9 heteroatoms. The Morgan fingerprint density at radius 3 is 2.60 bits per heavy atom. The summed E-state index contributed by atoms with van der Waals surface area (Å²) < 4.78 is 9.43. The van der Waals surface area contributed by atoms with Crippen LogP contribution in [0.5, 0.6) is 0 Å². The Morgan fingerprint density at radius 2 is 1.97 bits per heavy atom. The van der Waals surface area contributed by atoms with Gasteiger partial charge in [-0.15, -0.1) is 0 Å². The summed E-state index contributed by atoms with van der Waals surface area (Å²) in [6, 6.07) is 6.94. The fraction of sp³-hybridized carbons (Fsp3) is 0.500. The molecule has 0 radical (unpaired) electrons. The van der Waals surface area contributed by atoms with E-state index in [1.54, 1.807) is 11.6 Å². The number of imidazole rings is 1. The Morgan fingerprint density at radius 1 is 1.26 bits per heavy atom. The average Bonchev–Trinajstić information content (AvgIpc) is 3.20. The van der Waals surface area contributed by atoms with E-state index in [-0.39, 0.29) is 18.1 Å². The van der Waals surface area contributed by atoms with Gasteiger partial charge in [0, 0.05) is 50.2 Å². The highest BCUT2D eigenvalue weighted by Crippen LogP contribution is 2.35. The van der Waals surface area contributed by atoms with Gasteiger partial charge in [-0.1, -0.05) is 6.07 Å². The lowest BCUT2D eigenvalue weighted by atomic mass is 9.92. The fourth-order valence-electron chi connectivity index (χ4n) is 4.97. The molecule has 1 aliphatic rings. The number of carboxylic acids is 1. The smallest absolute Gasteiger partial charge is 0.323 e. The second kappa shape index (κ2) is 10.3. The minimum absolute atomic E-state index is 0.0339. The van der Waals surface area contributed by atoms with E-state index in [0.717, 1.165) is 54.0 Å². The third-order valence-corrected chi connectivity index (χ3v) is 7.00. The molecule has 1 saturated heterocycles. The first-order valence-corrected chi connectivity index (χ1v) is 12.1. The quantitative estimate of drug-likeness (QED) is 0.452. The second-order valence-corrected chi connectivity index (χ2v) is 9.58. The first kappa shape index (κ1) is 25.1. The molecule has 3 aromatic rings. The number of pyridine rings is 1. The number of nitrogens with zero attached hydrogens (tertiary/aromatic N) is 3. The predicted molar refractivity (Wildman–Crippen MR) is 133 cm³/mol. The van der Waals surface area contributed by atoms with E-state index < -0.39 is 18.1 Å². The van der Waals surface area contributed by atoms with Crippen LogP contribution in [-0.2, 0) is 23.1 Å². The highest BCUT2D eigenvalue weighted by molar-refractivity contribution is 5.81. The van der Waals surface area contributed by atoms with Crippen LogP contribution in [0.2, 0.25) is 0 Å². The van der Waals surface area contributed by atoms with Crippen molar-refractivity contribution in [3.8, 4) is 11.4 Å². The van der Waals surface area contributed by atoms with Gasteiger partial charge in [-0.3, -0.25) is 14.9 Å². The van der Waals surface area contributed by atoms with Crippen LogP contribution in [0, 0.1) is 12.8 Å². The number of aliphatic carboxylic acids is 1. The lowest BCUT2D eigenvalue weighted by molar-refractivity contribution is -0.142. The van der Waals surface area contributed by atoms with Gasteiger partial charge in [-0.05, 0) is 63.3 Å². The number of rotatable bonds is 8. The summed E-state index contributed by atoms with van der Waals surface area (Å²) in [4.78, 5) is 28.7. The van der Waals surface area contributed by atoms with Crippen LogP contribution in [0.3, 0.4) is 0 Å². The molecular weight excluding hydrogens is 448 g/mol. The van der Waals surface area contributed by atoms with Crippen molar-refractivity contribution in [3.63, 3.8) is 0 Å². The number of nitrogens with one attached hydrogen (secondary N) is 1. The standard InChI is InChI=1S/C26H34N4O5/c1-15-11-20(14-29(4)25(15)32)24-28-21-12-18(13-27-23(17(3)31)26(33)34)5-6-22(21)30(24)16(2)19-7-9-35-10-8-19/h5-6,11-12,14,16-17,19,23,27,31H,7-10,13H2,1-4H3,(H,33,34)/t16?,17-,23+/m1/s1. The summed E-state index contributed by atoms with van der Waals surface area (Å²) in [5.41, 5.74) is 4.15. The molecule has 1 aliphatic heterocycles. The highest BCUT2D eigenvalue weighted by atomic mass is 16.5. The van der Waals surface area contributed by atoms with E-state index in [2.05, 4.69) is 16.8 Å². The molecule has 1 fully saturated rings. The maximum absolute atomic E-state index is 12.3. The van der Waals surface area contributed by atoms with E-state index in [1.165, 1.54) is 6.92 Å². The Kier molecular flexibility index (Phi) is 7.39. The van der Waals surface area contributed by atoms with E-state index in [9.17, 15) is 19.8 Å². The van der Waals surface area contributed by atoms with Crippen LogP contribution in [0.1, 0.15) is 43.9 Å². The average molecular weight is 483 g/mol. The lowest BCUT2D eigenvalue weighted by Crippen LogP contribution is -2.44. The van der Waals surface area contributed by atoms with Crippen molar-refractivity contribution in [2.45, 2.75) is 58.3 Å². The van der Waals surface area contributed by atoms with Crippen molar-refractivity contribution in [1.82, 2.24) is 19.4 Å². The van der Waals surface area contributed by atoms with Gasteiger partial charge in [0.2, 0.25) is 0 Å². The largest absolute Gasteiger partial charge is 0.480 e. The van der Waals surface area contributed by atoms with Crippen molar-refractivity contribution in [2.75, 3.05) is 13.2 Å². The van der Waals surface area contributed by atoms with Crippen molar-refractivity contribution >= 4 is 17.0 Å². The molecular formula is C26H34N4O5. The fourth-order valence-corrected chi connectivity index (χ4v) is 4.97. The van der Waals surface area contributed by atoms with Crippen LogP contribution in [-0.4, -0.2) is 55.7 Å². The highest BCUT2D eigenvalue weighted by Gasteiger charge is 2.27. The van der Waals surface area contributed by atoms with Gasteiger partial charge >= 0.3 is 5.97 Å². The SMILES string of the molecule is Cc1cc(-c2nc3cc(CN[C@H](C(=O)O)[C@@H](C)O)ccc3n2C(C)C2CCOCC2)cn(C)c1=O. The third kappa shape index (κ3) is 5.17. The third-order valence-electron chi connectivity index (χ3n) is 7.00. The Labute approximate surface area is 204 Å². The van der Waals surface area contributed by atoms with E-state index in [4.69, 9.17) is 9.72 Å². The number of aryl methyl sites for hydroxylation is 2. The van der Waals surface area contributed by atoms with Crippen LogP contribution in [0.15, 0.2) is 35.3 Å². The van der Waals surface area contributed by atoms with Crippen molar-refractivity contribution in [1.29, 1.82) is 0 Å². The number of fused-ring (bicyclic) bond motifs is 1. The molecule has 3 N–H and O–H groups in total. The molecule has 0 saturated carbocycles. The zero-order chi connectivity index (χ0) is 25.3. The predicted octanol–water partition coefficient (Wildman–Crippen LogP) is 2.62. The summed E-state index contributed by atoms with van der Waals surface area (Å²) >= 11 is 0. The number of benzene rings is 1. The van der Waals surface area contributed by atoms with Gasteiger partial charge in [0.25, 0.3) is 5.56 Å². The molecule has 0 amide bonds. The Hall–Kier alpha value is -3.01. The molecule has 0 spiro atoms. The van der Waals surface area contributed by atoms with Crippen LogP contribution in [0.25, 0.3) is 22.4 Å². The molecule has 0 aliphatic carbocycles. The zero-order valence-corrected chi connectivity index (χ0v) is 20.7. The number of aliphatic hydroxyl groups excluding tert-OH is 1. The summed E-state index contributed by atoms with van der Waals surface area (Å²) in [7, 11) is 1.75. The summed E-state index contributed by atoms with van der Waals surface area (Å²) in [5.74, 6) is 0.149. The molecule has 9 nitrogen and oxygen atoms in total. The van der Waals surface area contributed by atoms with Gasteiger partial charge in [0.05, 0.1) is 17.1 Å². The summed E-state index contributed by atoms with van der Waals surface area (Å²) in [6.45, 7) is 7.26. The Bertz CT molecular complexity index is 1250. The molecule has 2 aromatic heterocycles. The lowest BCUT2D eigenvalue weighted by Gasteiger charge is -2.30. The molecule has 4 rings (SSSR count).